The Labute approximate surface area is 176 Å². The molecule has 0 fully saturated rings. The van der Waals surface area contributed by atoms with E-state index in [0.29, 0.717) is 6.42 Å². The van der Waals surface area contributed by atoms with Crippen molar-refractivity contribution in [1.82, 2.24) is 0 Å². The molecule has 3 aromatic rings. The molecule has 0 saturated carbocycles. The van der Waals surface area contributed by atoms with Gasteiger partial charge in [0.05, 0.1) is 0 Å². The lowest BCUT2D eigenvalue weighted by atomic mass is 9.99. The molecule has 29 heavy (non-hydrogen) atoms. The quantitative estimate of drug-likeness (QED) is 0.508. The highest BCUT2D eigenvalue weighted by molar-refractivity contribution is 7.07. The van der Waals surface area contributed by atoms with Crippen LogP contribution in [0.15, 0.2) is 78.0 Å². The van der Waals surface area contributed by atoms with Gasteiger partial charge in [-0.15, -0.1) is 0 Å². The summed E-state index contributed by atoms with van der Waals surface area (Å²) in [6, 6.07) is 25.9. The van der Waals surface area contributed by atoms with Gasteiger partial charge in [-0.1, -0.05) is 96.2 Å². The topological polar surface area (TPSA) is 17.1 Å². The molecule has 0 radical (unpaired) electrons. The van der Waals surface area contributed by atoms with Crippen molar-refractivity contribution in [2.24, 2.45) is 0 Å². The summed E-state index contributed by atoms with van der Waals surface area (Å²) >= 11 is 0. The number of ketones is 1. The summed E-state index contributed by atoms with van der Waals surface area (Å²) < 4.78 is 0. The Kier molecular flexibility index (Phi) is 6.34. The van der Waals surface area contributed by atoms with Crippen LogP contribution < -0.4 is 10.4 Å². The zero-order chi connectivity index (χ0) is 21.0. The van der Waals surface area contributed by atoms with Crippen molar-refractivity contribution in [3.05, 3.63) is 100 Å². The molecule has 0 atom stereocenters. The first kappa shape index (κ1) is 21.0. The maximum absolute atomic E-state index is 12.4. The van der Waals surface area contributed by atoms with Crippen LogP contribution in [0.4, 0.5) is 0 Å². The van der Waals surface area contributed by atoms with Crippen molar-refractivity contribution in [3.63, 3.8) is 0 Å². The predicted octanol–water partition coefficient (Wildman–Crippen LogP) is 5.41. The lowest BCUT2D eigenvalue weighted by Gasteiger charge is -2.32. The Hall–Kier alpha value is -2.71. The second kappa shape index (κ2) is 8.75. The van der Waals surface area contributed by atoms with Crippen molar-refractivity contribution in [2.75, 3.05) is 0 Å². The fourth-order valence-electron chi connectivity index (χ4n) is 4.31. The van der Waals surface area contributed by atoms with Crippen LogP contribution in [0.1, 0.15) is 35.6 Å². The van der Waals surface area contributed by atoms with Crippen LogP contribution in [0.3, 0.4) is 0 Å². The van der Waals surface area contributed by atoms with Crippen molar-refractivity contribution in [3.8, 4) is 0 Å². The van der Waals surface area contributed by atoms with Crippen LogP contribution in [-0.4, -0.2) is 13.9 Å². The number of aryl methyl sites for hydroxylation is 3. The molecule has 0 spiro atoms. The molecule has 0 unspecified atom stereocenters. The Balaban J connectivity index is 2.31. The van der Waals surface area contributed by atoms with Gasteiger partial charge in [0.15, 0.2) is 0 Å². The van der Waals surface area contributed by atoms with Gasteiger partial charge in [-0.05, 0) is 54.8 Å². The van der Waals surface area contributed by atoms with Crippen LogP contribution >= 0.6 is 0 Å². The number of hydrogen-bond acceptors (Lipinski definition) is 1. The van der Waals surface area contributed by atoms with Crippen LogP contribution in [0.5, 0.6) is 0 Å². The zero-order valence-corrected chi connectivity index (χ0v) is 19.1. The summed E-state index contributed by atoms with van der Waals surface area (Å²) in [5.41, 5.74) is 5.05. The molecule has 1 nitrogen and oxygen atoms in total. The van der Waals surface area contributed by atoms with Gasteiger partial charge in [0.2, 0.25) is 0 Å². The van der Waals surface area contributed by atoms with E-state index in [2.05, 4.69) is 106 Å². The fraction of sp³-hybridized carbons (Fsp3) is 0.222. The minimum atomic E-state index is -2.30. The van der Waals surface area contributed by atoms with E-state index < -0.39 is 8.07 Å². The van der Waals surface area contributed by atoms with Crippen molar-refractivity contribution in [2.45, 2.75) is 40.7 Å². The summed E-state index contributed by atoms with van der Waals surface area (Å²) in [7, 11) is -2.30. The third-order valence-corrected chi connectivity index (χ3v) is 10.4. The molecule has 0 aromatic heterocycles. The molecular weight excluding hydrogens is 368 g/mol. The maximum atomic E-state index is 12.4. The standard InChI is InChI=1S/C27H30OSi/c1-20-16-21(2)27(22(3)17-20)19-26(18-23(4)28)29(5,24-12-8-6-9-13-24)25-14-10-7-11-15-25/h6-17,19H,18H2,1-5H3/b26-19+. The second-order valence-electron chi connectivity index (χ2n) is 8.22. The highest BCUT2D eigenvalue weighted by Gasteiger charge is 2.36. The molecule has 3 aromatic carbocycles. The summed E-state index contributed by atoms with van der Waals surface area (Å²) in [6.07, 6.45) is 2.80. The zero-order valence-electron chi connectivity index (χ0n) is 18.1. The second-order valence-corrected chi connectivity index (χ2v) is 12.3. The van der Waals surface area contributed by atoms with Crippen LogP contribution in [0.2, 0.25) is 6.55 Å². The lowest BCUT2D eigenvalue weighted by Crippen LogP contribution is -2.57. The average Bonchev–Trinajstić information content (AvgIpc) is 2.70. The van der Waals surface area contributed by atoms with E-state index in [-0.39, 0.29) is 5.78 Å². The summed E-state index contributed by atoms with van der Waals surface area (Å²) in [4.78, 5) is 12.4. The van der Waals surface area contributed by atoms with E-state index in [1.807, 2.05) is 0 Å². The molecule has 0 bridgehead atoms. The van der Waals surface area contributed by atoms with Gasteiger partial charge in [0.25, 0.3) is 0 Å². The van der Waals surface area contributed by atoms with Gasteiger partial charge < -0.3 is 0 Å². The molecule has 0 aliphatic heterocycles. The fourth-order valence-corrected chi connectivity index (χ4v) is 8.14. The largest absolute Gasteiger partial charge is 0.300 e. The molecule has 0 aliphatic rings. The van der Waals surface area contributed by atoms with Gasteiger partial charge in [0, 0.05) is 6.42 Å². The van der Waals surface area contributed by atoms with E-state index in [1.165, 1.54) is 37.8 Å². The molecular formula is C27H30OSi. The summed E-state index contributed by atoms with van der Waals surface area (Å²) in [5.74, 6) is 0.212. The first-order chi connectivity index (χ1) is 13.8. The number of carbonyl (C=O) groups excluding carboxylic acids is 1. The van der Waals surface area contributed by atoms with Crippen molar-refractivity contribution < 1.29 is 4.79 Å². The minimum absolute atomic E-state index is 0.212. The van der Waals surface area contributed by atoms with Gasteiger partial charge in [0.1, 0.15) is 13.9 Å². The van der Waals surface area contributed by atoms with Gasteiger partial charge >= 0.3 is 0 Å². The highest BCUT2D eigenvalue weighted by atomic mass is 28.3. The van der Waals surface area contributed by atoms with Gasteiger partial charge in [-0.2, -0.15) is 0 Å². The van der Waals surface area contributed by atoms with E-state index in [1.54, 1.807) is 6.92 Å². The van der Waals surface area contributed by atoms with E-state index >= 15 is 0 Å². The minimum Gasteiger partial charge on any atom is -0.300 e. The molecule has 148 valence electrons. The number of rotatable bonds is 6. The van der Waals surface area contributed by atoms with Gasteiger partial charge in [-0.3, -0.25) is 4.79 Å². The van der Waals surface area contributed by atoms with E-state index in [9.17, 15) is 4.79 Å². The lowest BCUT2D eigenvalue weighted by molar-refractivity contribution is -0.116. The molecule has 0 amide bonds. The first-order valence-corrected chi connectivity index (χ1v) is 12.7. The molecule has 2 heteroatoms. The van der Waals surface area contributed by atoms with Crippen LogP contribution in [-0.2, 0) is 4.79 Å². The Morgan fingerprint density at radius 3 is 1.69 bits per heavy atom. The Morgan fingerprint density at radius 1 is 0.828 bits per heavy atom. The molecule has 0 heterocycles. The van der Waals surface area contributed by atoms with Crippen LogP contribution in [0, 0.1) is 20.8 Å². The Bertz CT molecular complexity index is 970. The van der Waals surface area contributed by atoms with Crippen molar-refractivity contribution in [1.29, 1.82) is 0 Å². The Morgan fingerprint density at radius 2 is 1.28 bits per heavy atom. The van der Waals surface area contributed by atoms with E-state index in [4.69, 9.17) is 0 Å². The molecule has 3 rings (SSSR count). The molecule has 0 aliphatic carbocycles. The first-order valence-electron chi connectivity index (χ1n) is 10.2. The third-order valence-electron chi connectivity index (χ3n) is 5.84. The molecule has 0 saturated heterocycles. The normalized spacial score (nSPS) is 12.1. The van der Waals surface area contributed by atoms with Crippen molar-refractivity contribution >= 4 is 30.3 Å². The van der Waals surface area contributed by atoms with Crippen LogP contribution in [0.25, 0.3) is 6.08 Å². The highest BCUT2D eigenvalue weighted by Crippen LogP contribution is 2.26. The van der Waals surface area contributed by atoms with Gasteiger partial charge in [-0.25, -0.2) is 0 Å². The molecule has 0 N–H and O–H groups in total. The average molecular weight is 399 g/mol. The predicted molar refractivity (Wildman–Crippen MR) is 128 cm³/mol. The summed E-state index contributed by atoms with van der Waals surface area (Å²) in [6.45, 7) is 10.6. The van der Waals surface area contributed by atoms with E-state index in [0.717, 1.165) is 0 Å². The maximum Gasteiger partial charge on any atom is 0.141 e. The third kappa shape index (κ3) is 4.49. The summed E-state index contributed by atoms with van der Waals surface area (Å²) in [5, 5.41) is 3.93. The number of hydrogen-bond donors (Lipinski definition) is 0. The number of carbonyl (C=O) groups is 1. The number of Topliss-reactive ketones (excluding diaryl/α,β-unsaturated/α-hetero) is 1. The number of allylic oxidation sites excluding steroid dienone is 1. The SMILES string of the molecule is CC(=O)C/C(=C\c1c(C)cc(C)cc1C)[Si](C)(c1ccccc1)c1ccccc1. The monoisotopic (exact) mass is 398 g/mol. The number of benzene rings is 3. The smallest absolute Gasteiger partial charge is 0.141 e.